The molecule has 8 heteroatoms. The number of aromatic nitrogens is 2. The minimum atomic E-state index is -0.286. The van der Waals surface area contributed by atoms with E-state index in [2.05, 4.69) is 9.97 Å². The van der Waals surface area contributed by atoms with Crippen molar-refractivity contribution in [1.29, 1.82) is 0 Å². The van der Waals surface area contributed by atoms with Gasteiger partial charge in [-0.1, -0.05) is 77.4 Å². The minimum absolute atomic E-state index is 0.169. The number of nitrogens with zero attached hydrogens (tertiary/aromatic N) is 3. The molecule has 4 aromatic rings. The van der Waals surface area contributed by atoms with E-state index in [4.69, 9.17) is 27.6 Å². The molecule has 0 fully saturated rings. The molecule has 0 N–H and O–H groups in total. The molecule has 0 aliphatic carbocycles. The molecule has 0 aliphatic heterocycles. The normalized spacial score (nSPS) is 10.8. The molecule has 0 unspecified atom stereocenters. The van der Waals surface area contributed by atoms with Crippen molar-refractivity contribution in [2.75, 3.05) is 0 Å². The van der Waals surface area contributed by atoms with Crippen molar-refractivity contribution in [3.63, 3.8) is 0 Å². The van der Waals surface area contributed by atoms with E-state index in [-0.39, 0.29) is 16.6 Å². The van der Waals surface area contributed by atoms with Crippen LogP contribution in [0.15, 0.2) is 88.8 Å². The Kier molecular flexibility index (Phi) is 7.47. The number of rotatable bonds is 8. The van der Waals surface area contributed by atoms with Gasteiger partial charge in [0, 0.05) is 17.3 Å². The third-order valence-corrected chi connectivity index (χ3v) is 6.10. The SMILES string of the molecule is O=C(c1nc(SCc2ccc(Cl)cc2)ncc1Cl)N(Cc1ccccc1)Cc1ccco1. The van der Waals surface area contributed by atoms with Crippen molar-refractivity contribution >= 4 is 40.9 Å². The van der Waals surface area contributed by atoms with E-state index in [9.17, 15) is 4.79 Å². The summed E-state index contributed by atoms with van der Waals surface area (Å²) in [6.07, 6.45) is 3.06. The van der Waals surface area contributed by atoms with E-state index in [1.165, 1.54) is 18.0 Å². The second-order valence-electron chi connectivity index (χ2n) is 6.99. The van der Waals surface area contributed by atoms with E-state index < -0.39 is 0 Å². The summed E-state index contributed by atoms with van der Waals surface area (Å²) in [5, 5.41) is 1.37. The van der Waals surface area contributed by atoms with E-state index in [1.54, 1.807) is 17.2 Å². The van der Waals surface area contributed by atoms with Crippen LogP contribution in [0.5, 0.6) is 0 Å². The molecule has 4 rings (SSSR count). The van der Waals surface area contributed by atoms with E-state index in [0.717, 1.165) is 11.1 Å². The van der Waals surface area contributed by atoms with Gasteiger partial charge in [0.25, 0.3) is 5.91 Å². The third-order valence-electron chi connectivity index (χ3n) is 4.64. The van der Waals surface area contributed by atoms with Gasteiger partial charge in [0.1, 0.15) is 5.76 Å². The van der Waals surface area contributed by atoms with Gasteiger partial charge in [-0.05, 0) is 35.4 Å². The predicted molar refractivity (Wildman–Crippen MR) is 127 cm³/mol. The number of amides is 1. The number of hydrogen-bond donors (Lipinski definition) is 0. The van der Waals surface area contributed by atoms with Crippen LogP contribution < -0.4 is 0 Å². The maximum Gasteiger partial charge on any atom is 0.274 e. The number of carbonyl (C=O) groups excluding carboxylic acids is 1. The lowest BCUT2D eigenvalue weighted by Crippen LogP contribution is -2.31. The highest BCUT2D eigenvalue weighted by atomic mass is 35.5. The van der Waals surface area contributed by atoms with Crippen LogP contribution in [0, 0.1) is 0 Å². The average Bonchev–Trinajstić information content (AvgIpc) is 3.32. The van der Waals surface area contributed by atoms with Crippen LogP contribution in [0.2, 0.25) is 10.0 Å². The molecule has 2 aromatic carbocycles. The molecule has 0 atom stereocenters. The Morgan fingerprint density at radius 3 is 2.44 bits per heavy atom. The zero-order valence-corrected chi connectivity index (χ0v) is 19.3. The maximum absolute atomic E-state index is 13.4. The van der Waals surface area contributed by atoms with Gasteiger partial charge in [-0.2, -0.15) is 0 Å². The lowest BCUT2D eigenvalue weighted by Gasteiger charge is -2.22. The fourth-order valence-electron chi connectivity index (χ4n) is 3.04. The van der Waals surface area contributed by atoms with Gasteiger partial charge >= 0.3 is 0 Å². The summed E-state index contributed by atoms with van der Waals surface area (Å²) < 4.78 is 5.46. The first kappa shape index (κ1) is 22.4. The molecule has 162 valence electrons. The number of hydrogen-bond acceptors (Lipinski definition) is 5. The molecule has 0 saturated carbocycles. The smallest absolute Gasteiger partial charge is 0.274 e. The lowest BCUT2D eigenvalue weighted by atomic mass is 10.2. The van der Waals surface area contributed by atoms with Crippen LogP contribution >= 0.6 is 35.0 Å². The van der Waals surface area contributed by atoms with Gasteiger partial charge in [-0.25, -0.2) is 9.97 Å². The highest BCUT2D eigenvalue weighted by Crippen LogP contribution is 2.24. The Balaban J connectivity index is 1.55. The molecule has 2 heterocycles. The summed E-state index contributed by atoms with van der Waals surface area (Å²) in [6.45, 7) is 0.697. The van der Waals surface area contributed by atoms with Crippen LogP contribution in [-0.4, -0.2) is 20.8 Å². The van der Waals surface area contributed by atoms with Gasteiger partial charge in [0.2, 0.25) is 0 Å². The zero-order valence-electron chi connectivity index (χ0n) is 16.9. The standard InChI is InChI=1S/C24H19Cl2N3O2S/c25-19-10-8-18(9-11-19)16-32-24-27-13-21(26)22(28-24)23(30)29(15-20-7-4-12-31-20)14-17-5-2-1-3-6-17/h1-13H,14-16H2. The quantitative estimate of drug-likeness (QED) is 0.211. The van der Waals surface area contributed by atoms with Crippen molar-refractivity contribution in [3.05, 3.63) is 112 Å². The van der Waals surface area contributed by atoms with Crippen LogP contribution in [0.25, 0.3) is 0 Å². The fraction of sp³-hybridized carbons (Fsp3) is 0.125. The van der Waals surface area contributed by atoms with Crippen molar-refractivity contribution in [3.8, 4) is 0 Å². The molecule has 0 aliphatic rings. The molecule has 2 aromatic heterocycles. The molecular formula is C24H19Cl2N3O2S. The highest BCUT2D eigenvalue weighted by Gasteiger charge is 2.23. The largest absolute Gasteiger partial charge is 0.467 e. The predicted octanol–water partition coefficient (Wildman–Crippen LogP) is 6.51. The van der Waals surface area contributed by atoms with Crippen molar-refractivity contribution < 1.29 is 9.21 Å². The molecule has 5 nitrogen and oxygen atoms in total. The summed E-state index contributed by atoms with van der Waals surface area (Å²) in [5.74, 6) is 1.04. The molecule has 0 radical (unpaired) electrons. The minimum Gasteiger partial charge on any atom is -0.467 e. The van der Waals surface area contributed by atoms with Gasteiger partial charge in [-0.15, -0.1) is 0 Å². The Hall–Kier alpha value is -2.80. The second kappa shape index (κ2) is 10.7. The zero-order chi connectivity index (χ0) is 22.3. The van der Waals surface area contributed by atoms with Gasteiger partial charge in [-0.3, -0.25) is 4.79 Å². The Morgan fingerprint density at radius 2 is 1.72 bits per heavy atom. The number of carbonyl (C=O) groups is 1. The number of thioether (sulfide) groups is 1. The van der Waals surface area contributed by atoms with Crippen molar-refractivity contribution in [2.24, 2.45) is 0 Å². The maximum atomic E-state index is 13.4. The first-order chi connectivity index (χ1) is 15.6. The molecule has 32 heavy (non-hydrogen) atoms. The molecule has 0 spiro atoms. The second-order valence-corrected chi connectivity index (χ2v) is 8.78. The first-order valence-electron chi connectivity index (χ1n) is 9.84. The van der Waals surface area contributed by atoms with Gasteiger partial charge in [0.05, 0.1) is 24.0 Å². The summed E-state index contributed by atoms with van der Waals surface area (Å²) in [6, 6.07) is 21.0. The van der Waals surface area contributed by atoms with Crippen LogP contribution in [0.4, 0.5) is 0 Å². The van der Waals surface area contributed by atoms with E-state index in [0.29, 0.717) is 34.8 Å². The topological polar surface area (TPSA) is 59.2 Å². The summed E-state index contributed by atoms with van der Waals surface area (Å²) in [7, 11) is 0. The Bertz CT molecular complexity index is 1170. The van der Waals surface area contributed by atoms with Crippen LogP contribution in [0.1, 0.15) is 27.4 Å². The Labute approximate surface area is 200 Å². The number of benzene rings is 2. The summed E-state index contributed by atoms with van der Waals surface area (Å²) in [4.78, 5) is 23.9. The highest BCUT2D eigenvalue weighted by molar-refractivity contribution is 7.98. The number of halogens is 2. The van der Waals surface area contributed by atoms with Crippen molar-refractivity contribution in [1.82, 2.24) is 14.9 Å². The van der Waals surface area contributed by atoms with E-state index in [1.807, 2.05) is 60.7 Å². The number of furan rings is 1. The molecule has 0 saturated heterocycles. The molecule has 1 amide bonds. The fourth-order valence-corrected chi connectivity index (χ4v) is 4.11. The lowest BCUT2D eigenvalue weighted by molar-refractivity contribution is 0.0710. The van der Waals surface area contributed by atoms with E-state index >= 15 is 0 Å². The third kappa shape index (κ3) is 5.91. The Morgan fingerprint density at radius 1 is 0.938 bits per heavy atom. The monoisotopic (exact) mass is 483 g/mol. The van der Waals surface area contributed by atoms with Crippen molar-refractivity contribution in [2.45, 2.75) is 24.0 Å². The van der Waals surface area contributed by atoms with Crippen LogP contribution in [0.3, 0.4) is 0 Å². The first-order valence-corrected chi connectivity index (χ1v) is 11.6. The van der Waals surface area contributed by atoms with Gasteiger partial charge in [0.15, 0.2) is 10.9 Å². The molecule has 0 bridgehead atoms. The summed E-state index contributed by atoms with van der Waals surface area (Å²) in [5.41, 5.74) is 2.24. The summed E-state index contributed by atoms with van der Waals surface area (Å²) >= 11 is 13.7. The molecular weight excluding hydrogens is 465 g/mol. The van der Waals surface area contributed by atoms with Crippen LogP contribution in [-0.2, 0) is 18.8 Å². The average molecular weight is 484 g/mol. The van der Waals surface area contributed by atoms with Gasteiger partial charge < -0.3 is 9.32 Å².